The highest BCUT2D eigenvalue weighted by atomic mass is 32.2. The van der Waals surface area contributed by atoms with Crippen LogP contribution in [0.3, 0.4) is 0 Å². The van der Waals surface area contributed by atoms with Crippen LogP contribution in [-0.4, -0.2) is 46.4 Å². The first kappa shape index (κ1) is 15.8. The molecule has 0 spiro atoms. The van der Waals surface area contributed by atoms with E-state index < -0.39 is 22.2 Å². The molecule has 2 rings (SSSR count). The SMILES string of the molecule is Cc1nccc(CNS(=O)(=O)N2CCCCC2C(=O)O)n1. The van der Waals surface area contributed by atoms with Gasteiger partial charge in [-0.15, -0.1) is 0 Å². The number of hydrogen-bond donors (Lipinski definition) is 2. The molecule has 8 nitrogen and oxygen atoms in total. The molecule has 21 heavy (non-hydrogen) atoms. The molecule has 1 fully saturated rings. The second-order valence-corrected chi connectivity index (χ2v) is 6.59. The smallest absolute Gasteiger partial charge is 0.322 e. The Balaban J connectivity index is 2.08. The standard InChI is InChI=1S/C12H18N4O4S/c1-9-13-6-5-10(15-9)8-14-21(19,20)16-7-3-2-4-11(16)12(17)18/h5-6,11,14H,2-4,7-8H2,1H3,(H,17,18). The van der Waals surface area contributed by atoms with Gasteiger partial charge in [-0.25, -0.2) is 9.97 Å². The van der Waals surface area contributed by atoms with Gasteiger partial charge in [0, 0.05) is 12.7 Å². The van der Waals surface area contributed by atoms with E-state index in [1.807, 2.05) is 0 Å². The molecule has 0 aliphatic carbocycles. The molecule has 116 valence electrons. The van der Waals surface area contributed by atoms with E-state index in [1.165, 1.54) is 0 Å². The van der Waals surface area contributed by atoms with E-state index in [0.717, 1.165) is 4.31 Å². The molecule has 9 heteroatoms. The number of aryl methyl sites for hydroxylation is 1. The van der Waals surface area contributed by atoms with Crippen molar-refractivity contribution in [3.8, 4) is 0 Å². The molecule has 1 atom stereocenters. The molecular weight excluding hydrogens is 296 g/mol. The van der Waals surface area contributed by atoms with Gasteiger partial charge in [0.15, 0.2) is 0 Å². The number of piperidine rings is 1. The van der Waals surface area contributed by atoms with Crippen LogP contribution in [0.1, 0.15) is 30.8 Å². The maximum atomic E-state index is 12.3. The summed E-state index contributed by atoms with van der Waals surface area (Å²) in [5, 5.41) is 9.14. The maximum absolute atomic E-state index is 12.3. The van der Waals surface area contributed by atoms with E-state index in [-0.39, 0.29) is 13.1 Å². The highest BCUT2D eigenvalue weighted by Gasteiger charge is 2.36. The monoisotopic (exact) mass is 314 g/mol. The van der Waals surface area contributed by atoms with Crippen molar-refractivity contribution < 1.29 is 18.3 Å². The van der Waals surface area contributed by atoms with Crippen LogP contribution >= 0.6 is 0 Å². The summed E-state index contributed by atoms with van der Waals surface area (Å²) < 4.78 is 28.0. The van der Waals surface area contributed by atoms with Gasteiger partial charge in [-0.2, -0.15) is 17.4 Å². The number of aliphatic carboxylic acids is 1. The molecule has 1 aliphatic rings. The molecule has 0 radical (unpaired) electrons. The van der Waals surface area contributed by atoms with Crippen molar-refractivity contribution in [2.24, 2.45) is 0 Å². The largest absolute Gasteiger partial charge is 0.480 e. The zero-order valence-corrected chi connectivity index (χ0v) is 12.5. The number of hydrogen-bond acceptors (Lipinski definition) is 5. The number of nitrogens with one attached hydrogen (secondary N) is 1. The molecular formula is C12H18N4O4S. The Hall–Kier alpha value is -1.58. The van der Waals surface area contributed by atoms with Crippen LogP contribution in [0.25, 0.3) is 0 Å². The minimum absolute atomic E-state index is 0.00846. The Morgan fingerprint density at radius 3 is 2.95 bits per heavy atom. The predicted molar refractivity (Wildman–Crippen MR) is 74.5 cm³/mol. The first-order valence-corrected chi connectivity index (χ1v) is 8.12. The lowest BCUT2D eigenvalue weighted by molar-refractivity contribution is -0.142. The van der Waals surface area contributed by atoms with Gasteiger partial charge < -0.3 is 5.11 Å². The lowest BCUT2D eigenvalue weighted by Crippen LogP contribution is -2.51. The van der Waals surface area contributed by atoms with E-state index in [0.29, 0.717) is 30.8 Å². The van der Waals surface area contributed by atoms with Crippen molar-refractivity contribution in [3.63, 3.8) is 0 Å². The van der Waals surface area contributed by atoms with Crippen LogP contribution in [0.2, 0.25) is 0 Å². The first-order valence-electron chi connectivity index (χ1n) is 6.68. The average molecular weight is 314 g/mol. The van der Waals surface area contributed by atoms with Crippen molar-refractivity contribution in [2.75, 3.05) is 6.54 Å². The summed E-state index contributed by atoms with van der Waals surface area (Å²) in [6, 6.07) is 0.615. The summed E-state index contributed by atoms with van der Waals surface area (Å²) in [5.41, 5.74) is 0.537. The minimum atomic E-state index is -3.85. The Morgan fingerprint density at radius 2 is 2.29 bits per heavy atom. The molecule has 1 aliphatic heterocycles. The average Bonchev–Trinajstić information content (AvgIpc) is 2.45. The summed E-state index contributed by atoms with van der Waals surface area (Å²) in [6.07, 6.45) is 3.27. The van der Waals surface area contributed by atoms with Crippen molar-refractivity contribution in [3.05, 3.63) is 23.8 Å². The molecule has 1 aromatic rings. The fraction of sp³-hybridized carbons (Fsp3) is 0.583. The zero-order chi connectivity index (χ0) is 15.5. The normalized spacial score (nSPS) is 20.3. The third-order valence-electron chi connectivity index (χ3n) is 3.32. The van der Waals surface area contributed by atoms with E-state index in [4.69, 9.17) is 5.11 Å². The van der Waals surface area contributed by atoms with Gasteiger partial charge in [0.25, 0.3) is 10.2 Å². The Kier molecular flexibility index (Phi) is 4.86. The minimum Gasteiger partial charge on any atom is -0.480 e. The second kappa shape index (κ2) is 6.46. The van der Waals surface area contributed by atoms with Crippen LogP contribution in [-0.2, 0) is 21.5 Å². The highest BCUT2D eigenvalue weighted by molar-refractivity contribution is 7.87. The predicted octanol–water partition coefficient (Wildman–Crippen LogP) is 0.0585. The van der Waals surface area contributed by atoms with Gasteiger partial charge >= 0.3 is 5.97 Å². The van der Waals surface area contributed by atoms with Gasteiger partial charge in [0.1, 0.15) is 11.9 Å². The molecule has 0 saturated carbocycles. The van der Waals surface area contributed by atoms with Crippen molar-refractivity contribution in [2.45, 2.75) is 38.8 Å². The van der Waals surface area contributed by atoms with Crippen LogP contribution in [0.4, 0.5) is 0 Å². The first-order chi connectivity index (χ1) is 9.90. The third kappa shape index (κ3) is 3.96. The Labute approximate surface area is 123 Å². The van der Waals surface area contributed by atoms with Crippen molar-refractivity contribution in [1.82, 2.24) is 19.0 Å². The van der Waals surface area contributed by atoms with Crippen LogP contribution in [0.15, 0.2) is 12.3 Å². The third-order valence-corrected chi connectivity index (χ3v) is 4.88. The second-order valence-electron chi connectivity index (χ2n) is 4.88. The Bertz CT molecular complexity index is 619. The molecule has 1 saturated heterocycles. The number of rotatable bonds is 5. The zero-order valence-electron chi connectivity index (χ0n) is 11.7. The maximum Gasteiger partial charge on any atom is 0.322 e. The molecule has 0 amide bonds. The van der Waals surface area contributed by atoms with Crippen LogP contribution < -0.4 is 4.72 Å². The lowest BCUT2D eigenvalue weighted by Gasteiger charge is -2.31. The van der Waals surface area contributed by atoms with Crippen molar-refractivity contribution in [1.29, 1.82) is 0 Å². The molecule has 0 aromatic carbocycles. The molecule has 2 heterocycles. The van der Waals surface area contributed by atoms with Crippen molar-refractivity contribution >= 4 is 16.2 Å². The number of carboxylic acid groups (broad SMARTS) is 1. The van der Waals surface area contributed by atoms with Gasteiger partial charge in [-0.1, -0.05) is 0 Å². The van der Waals surface area contributed by atoms with Crippen LogP contribution in [0.5, 0.6) is 0 Å². The Morgan fingerprint density at radius 1 is 1.52 bits per heavy atom. The molecule has 2 N–H and O–H groups in total. The summed E-state index contributed by atoms with van der Waals surface area (Å²) in [7, 11) is -3.85. The topological polar surface area (TPSA) is 112 Å². The summed E-state index contributed by atoms with van der Waals surface area (Å²) >= 11 is 0. The summed E-state index contributed by atoms with van der Waals surface area (Å²) in [4.78, 5) is 19.2. The number of aromatic nitrogens is 2. The van der Waals surface area contributed by atoms with Gasteiger partial charge in [0.05, 0.1) is 12.2 Å². The van der Waals surface area contributed by atoms with Gasteiger partial charge in [0.2, 0.25) is 0 Å². The van der Waals surface area contributed by atoms with E-state index in [2.05, 4.69) is 14.7 Å². The fourth-order valence-corrected chi connectivity index (χ4v) is 3.69. The number of carbonyl (C=O) groups is 1. The molecule has 0 bridgehead atoms. The highest BCUT2D eigenvalue weighted by Crippen LogP contribution is 2.20. The summed E-state index contributed by atoms with van der Waals surface area (Å²) in [5.74, 6) is -0.564. The quantitative estimate of drug-likeness (QED) is 0.794. The number of nitrogens with zero attached hydrogens (tertiary/aromatic N) is 3. The van der Waals surface area contributed by atoms with Gasteiger partial charge in [-0.3, -0.25) is 4.79 Å². The number of carboxylic acids is 1. The van der Waals surface area contributed by atoms with E-state index in [9.17, 15) is 13.2 Å². The summed E-state index contributed by atoms with van der Waals surface area (Å²) in [6.45, 7) is 1.94. The molecule has 1 unspecified atom stereocenters. The molecule has 1 aromatic heterocycles. The van der Waals surface area contributed by atoms with E-state index in [1.54, 1.807) is 19.2 Å². The van der Waals surface area contributed by atoms with Gasteiger partial charge in [-0.05, 0) is 32.3 Å². The lowest BCUT2D eigenvalue weighted by atomic mass is 10.1. The van der Waals surface area contributed by atoms with Crippen LogP contribution in [0, 0.1) is 6.92 Å². The fourth-order valence-electron chi connectivity index (χ4n) is 2.29. The van der Waals surface area contributed by atoms with E-state index >= 15 is 0 Å².